The summed E-state index contributed by atoms with van der Waals surface area (Å²) in [6.45, 7) is 8.18. The molecule has 0 aliphatic carbocycles. The van der Waals surface area contributed by atoms with Gasteiger partial charge in [0.05, 0.1) is 30.8 Å². The number of hydrogen-bond acceptors (Lipinski definition) is 3. The van der Waals surface area contributed by atoms with Crippen LogP contribution in [0.1, 0.15) is 32.2 Å². The Morgan fingerprint density at radius 2 is 1.65 bits per heavy atom. The number of benzene rings is 2. The van der Waals surface area contributed by atoms with Crippen molar-refractivity contribution in [1.29, 1.82) is 0 Å². The fourth-order valence-corrected chi connectivity index (χ4v) is 6.84. The third kappa shape index (κ3) is 4.48. The monoisotopic (exact) mass is 529 g/mol. The fraction of sp³-hybridized carbons (Fsp3) is 0.261. The molecule has 31 heavy (non-hydrogen) atoms. The van der Waals surface area contributed by atoms with E-state index in [9.17, 15) is 0 Å². The van der Waals surface area contributed by atoms with E-state index < -0.39 is 0 Å². The number of aryl methyl sites for hydroxylation is 1. The second-order valence-electron chi connectivity index (χ2n) is 7.05. The van der Waals surface area contributed by atoms with Gasteiger partial charge < -0.3 is 4.90 Å². The molecule has 0 saturated carbocycles. The zero-order valence-electron chi connectivity index (χ0n) is 17.3. The Labute approximate surface area is 211 Å². The predicted octanol–water partition coefficient (Wildman–Crippen LogP) is 9.09. The largest absolute Gasteiger partial charge is 0.335 e. The van der Waals surface area contributed by atoms with E-state index in [0.29, 0.717) is 20.1 Å². The first-order chi connectivity index (χ1) is 14.9. The molecule has 2 nitrogen and oxygen atoms in total. The molecule has 0 saturated heterocycles. The normalized spacial score (nSPS) is 15.4. The van der Waals surface area contributed by atoms with Gasteiger partial charge in [0.1, 0.15) is 11.2 Å². The molecular weight excluding hydrogens is 510 g/mol. The van der Waals surface area contributed by atoms with Crippen molar-refractivity contribution in [3.05, 3.63) is 66.0 Å². The summed E-state index contributed by atoms with van der Waals surface area (Å²) in [7, 11) is 0. The Balaban J connectivity index is 1.76. The lowest BCUT2D eigenvalue weighted by Gasteiger charge is -2.18. The molecule has 4 rings (SSSR count). The van der Waals surface area contributed by atoms with Crippen molar-refractivity contribution in [2.75, 3.05) is 11.4 Å². The van der Waals surface area contributed by atoms with Crippen LogP contribution >= 0.6 is 69.5 Å². The molecule has 0 unspecified atom stereocenters. The number of fused-ring (bicyclic) bond motifs is 2. The summed E-state index contributed by atoms with van der Waals surface area (Å²) >= 11 is 28.5. The maximum absolute atomic E-state index is 6.28. The molecule has 3 aromatic rings. The zero-order chi connectivity index (χ0) is 22.3. The Morgan fingerprint density at radius 3 is 2.32 bits per heavy atom. The number of thioether (sulfide) groups is 1. The first-order valence-electron chi connectivity index (χ1n) is 10.0. The van der Waals surface area contributed by atoms with Crippen molar-refractivity contribution in [3.8, 4) is 0 Å². The minimum absolute atomic E-state index is 0.582. The molecule has 162 valence electrons. The molecule has 0 amide bonds. The molecule has 0 spiro atoms. The zero-order valence-corrected chi connectivity index (χ0v) is 22.0. The van der Waals surface area contributed by atoms with Crippen LogP contribution in [-0.4, -0.2) is 6.54 Å². The van der Waals surface area contributed by atoms with Gasteiger partial charge in [-0.25, -0.2) is 0 Å². The van der Waals surface area contributed by atoms with Gasteiger partial charge in [0, 0.05) is 23.6 Å². The second kappa shape index (κ2) is 9.54. The Morgan fingerprint density at radius 1 is 0.968 bits per heavy atom. The van der Waals surface area contributed by atoms with Crippen LogP contribution in [0.15, 0.2) is 45.8 Å². The average molecular weight is 531 g/mol. The van der Waals surface area contributed by atoms with Crippen molar-refractivity contribution in [2.45, 2.75) is 38.6 Å². The van der Waals surface area contributed by atoms with E-state index >= 15 is 0 Å². The molecule has 1 aliphatic heterocycles. The van der Waals surface area contributed by atoms with Crippen LogP contribution in [0.3, 0.4) is 0 Å². The maximum atomic E-state index is 6.28. The minimum atomic E-state index is 0.582. The van der Waals surface area contributed by atoms with Crippen molar-refractivity contribution in [2.24, 2.45) is 0 Å². The van der Waals surface area contributed by atoms with Gasteiger partial charge in [-0.15, -0.1) is 0 Å². The van der Waals surface area contributed by atoms with Crippen LogP contribution in [0.25, 0.3) is 16.3 Å². The van der Waals surface area contributed by atoms with Crippen LogP contribution in [-0.2, 0) is 6.54 Å². The van der Waals surface area contributed by atoms with Gasteiger partial charge in [0.25, 0.3) is 5.01 Å². The van der Waals surface area contributed by atoms with Crippen molar-refractivity contribution in [3.63, 3.8) is 0 Å². The van der Waals surface area contributed by atoms with Gasteiger partial charge in [0.15, 0.2) is 0 Å². The summed E-state index contributed by atoms with van der Waals surface area (Å²) in [6.07, 6.45) is 5.44. The topological polar surface area (TPSA) is 7.12 Å². The number of nitrogens with zero attached hydrogens (tertiary/aromatic N) is 2. The van der Waals surface area contributed by atoms with Crippen LogP contribution < -0.4 is 9.47 Å². The average Bonchev–Trinajstić information content (AvgIpc) is 3.24. The molecule has 2 heterocycles. The fourth-order valence-electron chi connectivity index (χ4n) is 3.62. The molecule has 2 aromatic carbocycles. The maximum Gasteiger partial charge on any atom is 0.263 e. The Kier molecular flexibility index (Phi) is 7.17. The molecule has 1 aromatic heterocycles. The molecule has 0 atom stereocenters. The van der Waals surface area contributed by atoms with Gasteiger partial charge in [-0.05, 0) is 50.1 Å². The Hall–Kier alpha value is -0.880. The van der Waals surface area contributed by atoms with Gasteiger partial charge in [-0.2, -0.15) is 4.57 Å². The predicted molar refractivity (Wildman–Crippen MR) is 139 cm³/mol. The van der Waals surface area contributed by atoms with Crippen molar-refractivity contribution >= 4 is 91.5 Å². The van der Waals surface area contributed by atoms with Crippen LogP contribution in [0.5, 0.6) is 0 Å². The van der Waals surface area contributed by atoms with Gasteiger partial charge in [-0.1, -0.05) is 76.4 Å². The Bertz CT molecular complexity index is 1230. The molecular formula is C23H21Cl4N2S2+. The van der Waals surface area contributed by atoms with Crippen molar-refractivity contribution in [1.82, 2.24) is 0 Å². The first kappa shape index (κ1) is 23.3. The number of rotatable bonds is 5. The molecule has 0 N–H and O–H groups in total. The minimum Gasteiger partial charge on any atom is -0.335 e. The summed E-state index contributed by atoms with van der Waals surface area (Å²) in [6, 6.07) is 7.81. The lowest BCUT2D eigenvalue weighted by atomic mass is 10.2. The van der Waals surface area contributed by atoms with E-state index in [1.807, 2.05) is 24.3 Å². The van der Waals surface area contributed by atoms with E-state index in [1.165, 1.54) is 15.6 Å². The number of allylic oxidation sites excluding steroid dienone is 2. The van der Waals surface area contributed by atoms with E-state index in [-0.39, 0.29) is 0 Å². The molecule has 0 bridgehead atoms. The van der Waals surface area contributed by atoms with Crippen LogP contribution in [0, 0.1) is 0 Å². The highest BCUT2D eigenvalue weighted by molar-refractivity contribution is 8.03. The van der Waals surface area contributed by atoms with Crippen LogP contribution in [0.4, 0.5) is 5.69 Å². The van der Waals surface area contributed by atoms with Gasteiger partial charge in [-0.3, -0.25) is 0 Å². The number of thiazole rings is 1. The van der Waals surface area contributed by atoms with Gasteiger partial charge >= 0.3 is 0 Å². The number of halogens is 4. The molecule has 8 heteroatoms. The summed E-state index contributed by atoms with van der Waals surface area (Å²) in [5.74, 6) is 0. The van der Waals surface area contributed by atoms with Crippen molar-refractivity contribution < 1.29 is 4.57 Å². The summed E-state index contributed by atoms with van der Waals surface area (Å²) in [5, 5.41) is 4.70. The van der Waals surface area contributed by atoms with Crippen LogP contribution in [0.2, 0.25) is 20.1 Å². The molecule has 0 radical (unpaired) electrons. The summed E-state index contributed by atoms with van der Waals surface area (Å²) < 4.78 is 3.41. The van der Waals surface area contributed by atoms with E-state index in [4.69, 9.17) is 46.4 Å². The lowest BCUT2D eigenvalue weighted by molar-refractivity contribution is -0.665. The first-order valence-corrected chi connectivity index (χ1v) is 13.2. The highest BCUT2D eigenvalue weighted by atomic mass is 35.5. The summed E-state index contributed by atoms with van der Waals surface area (Å²) in [5.41, 5.74) is 3.47. The third-order valence-electron chi connectivity index (χ3n) is 5.20. The molecule has 0 fully saturated rings. The lowest BCUT2D eigenvalue weighted by Crippen LogP contribution is -2.33. The SMILES string of the molecule is CCC(=Cc1sc2cc(Cl)c(Cl)cc2[n+]1CC)C=C1Sc2cc(Cl)c(Cl)cc2N1CC. The van der Waals surface area contributed by atoms with E-state index in [2.05, 4.69) is 42.4 Å². The smallest absolute Gasteiger partial charge is 0.263 e. The number of aromatic nitrogens is 1. The van der Waals surface area contributed by atoms with E-state index in [0.717, 1.165) is 40.3 Å². The number of hydrogen-bond donors (Lipinski definition) is 0. The highest BCUT2D eigenvalue weighted by Crippen LogP contribution is 2.49. The molecule has 1 aliphatic rings. The summed E-state index contributed by atoms with van der Waals surface area (Å²) in [4.78, 5) is 3.41. The van der Waals surface area contributed by atoms with E-state index in [1.54, 1.807) is 23.1 Å². The standard InChI is InChI=1S/C23H21Cl4N2S2/c1-4-13(7-22-28(5-2)18-9-14(24)16(26)11-20(18)30-22)8-23-29(6-3)19-10-15(25)17(27)12-21(19)31-23/h7-12H,4-6H2,1-3H3/q+1. The third-order valence-corrected chi connectivity index (χ3v) is 8.84. The highest BCUT2D eigenvalue weighted by Gasteiger charge is 2.26. The number of anilines is 1. The van der Waals surface area contributed by atoms with Gasteiger partial charge in [0.2, 0.25) is 5.52 Å². The quantitative estimate of drug-likeness (QED) is 0.303. The second-order valence-corrected chi connectivity index (χ2v) is 10.8.